The second kappa shape index (κ2) is 6.89. The minimum absolute atomic E-state index is 0.00662. The van der Waals surface area contributed by atoms with Crippen molar-refractivity contribution in [3.05, 3.63) is 59.7 Å². The molecule has 1 aliphatic heterocycles. The third-order valence-corrected chi connectivity index (χ3v) is 5.35. The van der Waals surface area contributed by atoms with E-state index in [1.54, 1.807) is 0 Å². The van der Waals surface area contributed by atoms with E-state index < -0.39 is 36.9 Å². The van der Waals surface area contributed by atoms with E-state index >= 15 is 0 Å². The molecular weight excluding hydrogens is 368 g/mol. The molecular formula is C21H19F2NO4. The van der Waals surface area contributed by atoms with Crippen LogP contribution in [0, 0.1) is 5.92 Å². The number of aliphatic carboxylic acids is 1. The van der Waals surface area contributed by atoms with Crippen molar-refractivity contribution in [1.29, 1.82) is 0 Å². The van der Waals surface area contributed by atoms with E-state index in [0.717, 1.165) is 27.2 Å². The first-order valence-electron chi connectivity index (χ1n) is 9.06. The Hall–Kier alpha value is -2.96. The van der Waals surface area contributed by atoms with Gasteiger partial charge in [0.05, 0.1) is 12.5 Å². The molecule has 0 bridgehead atoms. The maximum atomic E-state index is 13.8. The Morgan fingerprint density at radius 1 is 1.07 bits per heavy atom. The van der Waals surface area contributed by atoms with Crippen molar-refractivity contribution in [2.45, 2.75) is 18.3 Å². The number of ether oxygens (including phenoxy) is 1. The van der Waals surface area contributed by atoms with Gasteiger partial charge in [-0.2, -0.15) is 0 Å². The quantitative estimate of drug-likeness (QED) is 0.865. The Kier molecular flexibility index (Phi) is 4.53. The van der Waals surface area contributed by atoms with E-state index in [0.29, 0.717) is 0 Å². The number of carboxylic acid groups (broad SMARTS) is 1. The van der Waals surface area contributed by atoms with E-state index in [4.69, 9.17) is 9.84 Å². The van der Waals surface area contributed by atoms with Gasteiger partial charge in [0, 0.05) is 18.9 Å². The van der Waals surface area contributed by atoms with Gasteiger partial charge in [-0.05, 0) is 22.3 Å². The summed E-state index contributed by atoms with van der Waals surface area (Å²) in [5.74, 6) is -6.07. The zero-order valence-electron chi connectivity index (χ0n) is 15.0. The van der Waals surface area contributed by atoms with Crippen molar-refractivity contribution in [3.8, 4) is 11.1 Å². The van der Waals surface area contributed by atoms with Crippen molar-refractivity contribution >= 4 is 12.1 Å². The normalized spacial score (nSPS) is 20.4. The van der Waals surface area contributed by atoms with Crippen LogP contribution >= 0.6 is 0 Å². The monoisotopic (exact) mass is 387 g/mol. The molecule has 2 aromatic carbocycles. The van der Waals surface area contributed by atoms with Crippen LogP contribution in [0.2, 0.25) is 0 Å². The first-order chi connectivity index (χ1) is 13.4. The van der Waals surface area contributed by atoms with Gasteiger partial charge in [-0.25, -0.2) is 13.6 Å². The molecule has 2 aromatic rings. The standard InChI is InChI=1S/C21H19F2NO4/c22-21(23)9-13(19(25)26)10-24(12-21)20(27)28-11-18-16-7-3-1-5-14(16)15-6-2-4-8-17(15)18/h1-8,13,18H,9-12H2,(H,25,26). The van der Waals surface area contributed by atoms with Crippen LogP contribution < -0.4 is 0 Å². The van der Waals surface area contributed by atoms with Gasteiger partial charge in [0.15, 0.2) is 0 Å². The molecule has 146 valence electrons. The van der Waals surface area contributed by atoms with Gasteiger partial charge < -0.3 is 14.7 Å². The van der Waals surface area contributed by atoms with Gasteiger partial charge in [-0.15, -0.1) is 0 Å². The second-order valence-electron chi connectivity index (χ2n) is 7.28. The van der Waals surface area contributed by atoms with Crippen LogP contribution in [-0.2, 0) is 9.53 Å². The zero-order chi connectivity index (χ0) is 19.9. The number of piperidine rings is 1. The van der Waals surface area contributed by atoms with Gasteiger partial charge in [0.1, 0.15) is 6.61 Å². The fourth-order valence-corrected chi connectivity index (χ4v) is 4.09. The summed E-state index contributed by atoms with van der Waals surface area (Å²) in [6, 6.07) is 15.6. The van der Waals surface area contributed by atoms with Crippen molar-refractivity contribution in [3.63, 3.8) is 0 Å². The summed E-state index contributed by atoms with van der Waals surface area (Å²) in [5.41, 5.74) is 4.16. The number of hydrogen-bond acceptors (Lipinski definition) is 3. The molecule has 28 heavy (non-hydrogen) atoms. The molecule has 1 unspecified atom stereocenters. The SMILES string of the molecule is O=C(O)C1CN(C(=O)OCC2c3ccccc3-c3ccccc32)CC(F)(F)C1. The maximum absolute atomic E-state index is 13.8. The van der Waals surface area contributed by atoms with Gasteiger partial charge in [-0.3, -0.25) is 4.79 Å². The van der Waals surface area contributed by atoms with Crippen LogP contribution in [0.15, 0.2) is 48.5 Å². The lowest BCUT2D eigenvalue weighted by Crippen LogP contribution is -2.51. The highest BCUT2D eigenvalue weighted by Gasteiger charge is 2.45. The summed E-state index contributed by atoms with van der Waals surface area (Å²) in [7, 11) is 0. The molecule has 5 nitrogen and oxygen atoms in total. The highest BCUT2D eigenvalue weighted by Crippen LogP contribution is 2.44. The first-order valence-corrected chi connectivity index (χ1v) is 9.06. The van der Waals surface area contributed by atoms with E-state index in [-0.39, 0.29) is 19.1 Å². The van der Waals surface area contributed by atoms with Crippen LogP contribution in [0.5, 0.6) is 0 Å². The molecule has 1 amide bonds. The fraction of sp³-hybridized carbons (Fsp3) is 0.333. The Bertz CT molecular complexity index is 885. The summed E-state index contributed by atoms with van der Waals surface area (Å²) >= 11 is 0. The molecule has 0 spiro atoms. The van der Waals surface area contributed by atoms with Gasteiger partial charge in [0.2, 0.25) is 0 Å². The fourth-order valence-electron chi connectivity index (χ4n) is 4.09. The Morgan fingerprint density at radius 2 is 1.64 bits per heavy atom. The molecule has 1 aliphatic carbocycles. The van der Waals surface area contributed by atoms with E-state index in [1.165, 1.54) is 0 Å². The predicted octanol–water partition coefficient (Wildman–Crippen LogP) is 3.98. The van der Waals surface area contributed by atoms with E-state index in [9.17, 15) is 18.4 Å². The van der Waals surface area contributed by atoms with Crippen LogP contribution in [-0.4, -0.2) is 47.7 Å². The van der Waals surface area contributed by atoms with Gasteiger partial charge >= 0.3 is 12.1 Å². The van der Waals surface area contributed by atoms with Crippen LogP contribution in [0.4, 0.5) is 13.6 Å². The summed E-state index contributed by atoms with van der Waals surface area (Å²) in [4.78, 5) is 24.4. The van der Waals surface area contributed by atoms with Crippen molar-refractivity contribution < 1.29 is 28.2 Å². The smallest absolute Gasteiger partial charge is 0.410 e. The van der Waals surface area contributed by atoms with Crippen LogP contribution in [0.1, 0.15) is 23.5 Å². The van der Waals surface area contributed by atoms with Gasteiger partial charge in [-0.1, -0.05) is 48.5 Å². The minimum atomic E-state index is -3.24. The third-order valence-electron chi connectivity index (χ3n) is 5.35. The summed E-state index contributed by atoms with van der Waals surface area (Å²) in [5, 5.41) is 9.08. The van der Waals surface area contributed by atoms with Crippen molar-refractivity contribution in [2.75, 3.05) is 19.7 Å². The third kappa shape index (κ3) is 3.32. The number of amides is 1. The Labute approximate surface area is 160 Å². The van der Waals surface area contributed by atoms with Gasteiger partial charge in [0.25, 0.3) is 5.92 Å². The summed E-state index contributed by atoms with van der Waals surface area (Å²) in [6.45, 7) is -1.10. The number of likely N-dealkylation sites (tertiary alicyclic amines) is 1. The largest absolute Gasteiger partial charge is 0.481 e. The van der Waals surface area contributed by atoms with Crippen LogP contribution in [0.25, 0.3) is 11.1 Å². The summed E-state index contributed by atoms with van der Waals surface area (Å²) in [6.07, 6.45) is -1.68. The minimum Gasteiger partial charge on any atom is -0.481 e. The average molecular weight is 387 g/mol. The lowest BCUT2D eigenvalue weighted by Gasteiger charge is -2.35. The number of fused-ring (bicyclic) bond motifs is 3. The molecule has 7 heteroatoms. The molecule has 1 atom stereocenters. The Balaban J connectivity index is 1.50. The number of alkyl halides is 2. The maximum Gasteiger partial charge on any atom is 0.410 e. The molecule has 1 fully saturated rings. The topological polar surface area (TPSA) is 66.8 Å². The number of nitrogens with zero attached hydrogens (tertiary/aromatic N) is 1. The predicted molar refractivity (Wildman–Crippen MR) is 97.3 cm³/mol. The number of carbonyl (C=O) groups is 2. The second-order valence-corrected chi connectivity index (χ2v) is 7.28. The molecule has 0 saturated carbocycles. The molecule has 1 heterocycles. The molecule has 4 rings (SSSR count). The highest BCUT2D eigenvalue weighted by atomic mass is 19.3. The zero-order valence-corrected chi connectivity index (χ0v) is 15.0. The number of benzene rings is 2. The average Bonchev–Trinajstić information content (AvgIpc) is 2.99. The summed E-state index contributed by atoms with van der Waals surface area (Å²) < 4.78 is 33.1. The number of halogens is 2. The number of carbonyl (C=O) groups excluding carboxylic acids is 1. The molecule has 1 saturated heterocycles. The van der Waals surface area contributed by atoms with E-state index in [1.807, 2.05) is 48.5 Å². The molecule has 0 radical (unpaired) electrons. The highest BCUT2D eigenvalue weighted by molar-refractivity contribution is 5.79. The molecule has 2 aliphatic rings. The number of hydrogen-bond donors (Lipinski definition) is 1. The van der Waals surface area contributed by atoms with Crippen LogP contribution in [0.3, 0.4) is 0 Å². The molecule has 1 N–H and O–H groups in total. The number of carboxylic acids is 1. The number of rotatable bonds is 3. The van der Waals surface area contributed by atoms with Crippen molar-refractivity contribution in [2.24, 2.45) is 5.92 Å². The lowest BCUT2D eigenvalue weighted by molar-refractivity contribution is -0.151. The lowest BCUT2D eigenvalue weighted by atomic mass is 9.95. The Morgan fingerprint density at radius 3 is 2.21 bits per heavy atom. The van der Waals surface area contributed by atoms with E-state index in [2.05, 4.69) is 0 Å². The van der Waals surface area contributed by atoms with Crippen molar-refractivity contribution in [1.82, 2.24) is 4.90 Å². The molecule has 0 aromatic heterocycles. The first kappa shape index (κ1) is 18.4.